The van der Waals surface area contributed by atoms with Crippen LogP contribution in [0.15, 0.2) is 59.4 Å². The lowest BCUT2D eigenvalue weighted by Gasteiger charge is -2.34. The molecule has 2 aromatic carbocycles. The van der Waals surface area contributed by atoms with Gasteiger partial charge in [-0.25, -0.2) is 4.79 Å². The maximum atomic E-state index is 12.7. The van der Waals surface area contributed by atoms with Crippen LogP contribution in [-0.2, 0) is 24.4 Å². The fraction of sp³-hybridized carbons (Fsp3) is 0.462. The molecule has 0 saturated carbocycles. The monoisotopic (exact) mass is 449 g/mol. The Morgan fingerprint density at radius 3 is 2.18 bits per heavy atom. The standard InChI is InChI=1S/C26H35N5O2/c1-2-30-23-12-6-7-13-24(23)31(26(30)33)21-25(32)27-14-8-9-15-28-16-18-29(19-17-28)20-22-10-4-3-5-11-22/h3-7,10-13H,2,8-9,14-21H2,1H3,(H,27,32). The van der Waals surface area contributed by atoms with Gasteiger partial charge in [0.05, 0.1) is 11.0 Å². The highest BCUT2D eigenvalue weighted by Crippen LogP contribution is 2.12. The number of carbonyl (C=O) groups is 1. The van der Waals surface area contributed by atoms with Crippen molar-refractivity contribution in [2.24, 2.45) is 0 Å². The molecule has 0 unspecified atom stereocenters. The number of piperazine rings is 1. The first-order valence-electron chi connectivity index (χ1n) is 12.1. The van der Waals surface area contributed by atoms with E-state index in [4.69, 9.17) is 0 Å². The normalized spacial score (nSPS) is 15.2. The molecule has 1 aliphatic heterocycles. The van der Waals surface area contributed by atoms with Crippen molar-refractivity contribution >= 4 is 16.9 Å². The molecule has 0 atom stereocenters. The second kappa shape index (κ2) is 11.3. The van der Waals surface area contributed by atoms with Gasteiger partial charge in [-0.05, 0) is 44.0 Å². The first-order valence-corrected chi connectivity index (χ1v) is 12.1. The zero-order valence-electron chi connectivity index (χ0n) is 19.6. The molecule has 7 nitrogen and oxygen atoms in total. The zero-order chi connectivity index (χ0) is 23.0. The van der Waals surface area contributed by atoms with Crippen molar-refractivity contribution in [3.05, 3.63) is 70.6 Å². The number of imidazole rings is 1. The number of aromatic nitrogens is 2. The lowest BCUT2D eigenvalue weighted by molar-refractivity contribution is -0.121. The number of para-hydroxylation sites is 2. The molecule has 0 aliphatic carbocycles. The number of nitrogens with one attached hydrogen (secondary N) is 1. The maximum Gasteiger partial charge on any atom is 0.329 e. The fourth-order valence-electron chi connectivity index (χ4n) is 4.63. The Bertz CT molecular complexity index is 1100. The molecule has 7 heteroatoms. The molecule has 1 saturated heterocycles. The summed E-state index contributed by atoms with van der Waals surface area (Å²) in [5.41, 5.74) is 2.94. The average Bonchev–Trinajstić information content (AvgIpc) is 3.11. The predicted molar refractivity (Wildman–Crippen MR) is 132 cm³/mol. The minimum atomic E-state index is -0.125. The summed E-state index contributed by atoms with van der Waals surface area (Å²) in [5.74, 6) is -0.106. The summed E-state index contributed by atoms with van der Waals surface area (Å²) in [4.78, 5) is 30.2. The van der Waals surface area contributed by atoms with Gasteiger partial charge >= 0.3 is 5.69 Å². The molecule has 33 heavy (non-hydrogen) atoms. The third kappa shape index (κ3) is 5.92. The molecule has 4 rings (SSSR count). The number of unbranched alkanes of at least 4 members (excludes halogenated alkanes) is 1. The molecule has 0 bridgehead atoms. The van der Waals surface area contributed by atoms with E-state index in [0.717, 1.165) is 63.1 Å². The molecule has 1 N–H and O–H groups in total. The molecule has 1 aromatic heterocycles. The minimum absolute atomic E-state index is 0.0652. The molecule has 176 valence electrons. The fourth-order valence-corrected chi connectivity index (χ4v) is 4.63. The van der Waals surface area contributed by atoms with E-state index in [9.17, 15) is 9.59 Å². The number of rotatable bonds is 10. The molecular weight excluding hydrogens is 414 g/mol. The number of carbonyl (C=O) groups excluding carboxylic acids is 1. The summed E-state index contributed by atoms with van der Waals surface area (Å²) in [6.07, 6.45) is 2.01. The second-order valence-corrected chi connectivity index (χ2v) is 8.76. The minimum Gasteiger partial charge on any atom is -0.355 e. The van der Waals surface area contributed by atoms with E-state index in [1.165, 1.54) is 5.56 Å². The Kier molecular flexibility index (Phi) is 7.96. The molecule has 3 aromatic rings. The lowest BCUT2D eigenvalue weighted by Crippen LogP contribution is -2.46. The number of nitrogens with zero attached hydrogens (tertiary/aromatic N) is 4. The van der Waals surface area contributed by atoms with Crippen molar-refractivity contribution in [2.45, 2.75) is 39.4 Å². The number of aryl methyl sites for hydroxylation is 1. The van der Waals surface area contributed by atoms with Gasteiger partial charge in [0.1, 0.15) is 6.54 Å². The van der Waals surface area contributed by atoms with Crippen LogP contribution < -0.4 is 11.0 Å². The lowest BCUT2D eigenvalue weighted by atomic mass is 10.2. The van der Waals surface area contributed by atoms with Crippen LogP contribution in [0.2, 0.25) is 0 Å². The first kappa shape index (κ1) is 23.3. The van der Waals surface area contributed by atoms with Crippen molar-refractivity contribution in [1.29, 1.82) is 0 Å². The quantitative estimate of drug-likeness (QED) is 0.483. The average molecular weight is 450 g/mol. The van der Waals surface area contributed by atoms with Gasteiger partial charge in [-0.2, -0.15) is 0 Å². The van der Waals surface area contributed by atoms with Gasteiger partial charge < -0.3 is 10.2 Å². The van der Waals surface area contributed by atoms with Crippen LogP contribution in [0, 0.1) is 0 Å². The van der Waals surface area contributed by atoms with Crippen molar-refractivity contribution in [3.8, 4) is 0 Å². The topological polar surface area (TPSA) is 62.5 Å². The zero-order valence-corrected chi connectivity index (χ0v) is 19.6. The maximum absolute atomic E-state index is 12.7. The van der Waals surface area contributed by atoms with Crippen molar-refractivity contribution in [3.63, 3.8) is 0 Å². The predicted octanol–water partition coefficient (Wildman–Crippen LogP) is 2.54. The highest BCUT2D eigenvalue weighted by atomic mass is 16.2. The van der Waals surface area contributed by atoms with E-state index >= 15 is 0 Å². The van der Waals surface area contributed by atoms with Crippen LogP contribution in [0.4, 0.5) is 0 Å². The smallest absolute Gasteiger partial charge is 0.329 e. The third-order valence-electron chi connectivity index (χ3n) is 6.48. The molecule has 0 radical (unpaired) electrons. The van der Waals surface area contributed by atoms with Gasteiger partial charge in [-0.1, -0.05) is 42.5 Å². The van der Waals surface area contributed by atoms with E-state index in [1.54, 1.807) is 9.13 Å². The highest BCUT2D eigenvalue weighted by Gasteiger charge is 2.17. The van der Waals surface area contributed by atoms with E-state index in [2.05, 4.69) is 45.4 Å². The number of benzene rings is 2. The molecule has 0 spiro atoms. The van der Waals surface area contributed by atoms with Gasteiger partial charge in [0.2, 0.25) is 5.91 Å². The summed E-state index contributed by atoms with van der Waals surface area (Å²) in [6, 6.07) is 18.3. The molecule has 1 amide bonds. The van der Waals surface area contributed by atoms with E-state index in [0.29, 0.717) is 13.1 Å². The van der Waals surface area contributed by atoms with E-state index < -0.39 is 0 Å². The molecule has 1 fully saturated rings. The summed E-state index contributed by atoms with van der Waals surface area (Å²) in [7, 11) is 0. The Morgan fingerprint density at radius 2 is 1.48 bits per heavy atom. The van der Waals surface area contributed by atoms with Crippen molar-refractivity contribution in [2.75, 3.05) is 39.3 Å². The van der Waals surface area contributed by atoms with Crippen LogP contribution in [0.1, 0.15) is 25.3 Å². The Hall–Kier alpha value is -2.90. The number of hydrogen-bond acceptors (Lipinski definition) is 4. The Balaban J connectivity index is 1.14. The van der Waals surface area contributed by atoms with E-state index in [1.807, 2.05) is 31.2 Å². The highest BCUT2D eigenvalue weighted by molar-refractivity contribution is 5.80. The van der Waals surface area contributed by atoms with Crippen molar-refractivity contribution in [1.82, 2.24) is 24.3 Å². The van der Waals surface area contributed by atoms with E-state index in [-0.39, 0.29) is 18.1 Å². The second-order valence-electron chi connectivity index (χ2n) is 8.76. The van der Waals surface area contributed by atoms with Gasteiger partial charge in [0.15, 0.2) is 0 Å². The van der Waals surface area contributed by atoms with Crippen LogP contribution in [0.3, 0.4) is 0 Å². The molecular formula is C26H35N5O2. The van der Waals surface area contributed by atoms with Crippen LogP contribution in [0.5, 0.6) is 0 Å². The van der Waals surface area contributed by atoms with Crippen molar-refractivity contribution < 1.29 is 4.79 Å². The van der Waals surface area contributed by atoms with Gasteiger partial charge in [-0.3, -0.25) is 18.8 Å². The SMILES string of the molecule is CCn1c(=O)n(CC(=O)NCCCCN2CCN(Cc3ccccc3)CC2)c2ccccc21. The number of hydrogen-bond donors (Lipinski definition) is 1. The molecule has 1 aliphatic rings. The first-order chi connectivity index (χ1) is 16.2. The third-order valence-corrected chi connectivity index (χ3v) is 6.48. The largest absolute Gasteiger partial charge is 0.355 e. The van der Waals surface area contributed by atoms with Gasteiger partial charge in [-0.15, -0.1) is 0 Å². The van der Waals surface area contributed by atoms with Gasteiger partial charge in [0.25, 0.3) is 0 Å². The summed E-state index contributed by atoms with van der Waals surface area (Å²) < 4.78 is 3.28. The van der Waals surface area contributed by atoms with Crippen LogP contribution >= 0.6 is 0 Å². The number of fused-ring (bicyclic) bond motifs is 1. The molecule has 2 heterocycles. The van der Waals surface area contributed by atoms with Crippen LogP contribution in [0.25, 0.3) is 11.0 Å². The summed E-state index contributed by atoms with van der Waals surface area (Å²) in [5, 5.41) is 2.99. The summed E-state index contributed by atoms with van der Waals surface area (Å²) in [6.45, 7) is 9.75. The number of amides is 1. The Labute approximate surface area is 195 Å². The Morgan fingerprint density at radius 1 is 0.848 bits per heavy atom. The summed E-state index contributed by atoms with van der Waals surface area (Å²) >= 11 is 0. The van der Waals surface area contributed by atoms with Gasteiger partial charge in [0, 0.05) is 45.8 Å². The van der Waals surface area contributed by atoms with Crippen LogP contribution in [-0.4, -0.2) is 64.1 Å².